The van der Waals surface area contributed by atoms with E-state index in [1.807, 2.05) is 6.07 Å². The molecule has 0 aliphatic heterocycles. The number of nitriles is 1. The Hall–Kier alpha value is -1.54. The van der Waals surface area contributed by atoms with E-state index in [0.717, 1.165) is 5.69 Å². The van der Waals surface area contributed by atoms with E-state index in [0.29, 0.717) is 12.1 Å². The summed E-state index contributed by atoms with van der Waals surface area (Å²) in [7, 11) is -3.12. The molecule has 4 nitrogen and oxygen atoms in total. The molecule has 0 saturated heterocycles. The fourth-order valence-electron chi connectivity index (χ4n) is 1.14. The predicted octanol–water partition coefficient (Wildman–Crippen LogP) is 1.79. The van der Waals surface area contributed by atoms with Crippen LogP contribution in [0.2, 0.25) is 0 Å². The molecule has 0 fully saturated rings. The molecule has 0 heterocycles. The molecule has 1 aromatic carbocycles. The zero-order valence-corrected chi connectivity index (χ0v) is 11.0. The van der Waals surface area contributed by atoms with Gasteiger partial charge >= 0.3 is 0 Å². The minimum absolute atomic E-state index is 0.306. The number of nitrogens with zero attached hydrogens (tertiary/aromatic N) is 1. The third-order valence-corrected chi connectivity index (χ3v) is 4.87. The number of anilines is 1. The molecule has 1 rings (SSSR count). The molecule has 1 N–H and O–H groups in total. The molecule has 0 amide bonds. The van der Waals surface area contributed by atoms with Gasteiger partial charge in [-0.05, 0) is 32.0 Å². The van der Waals surface area contributed by atoms with Crippen molar-refractivity contribution in [2.24, 2.45) is 0 Å². The summed E-state index contributed by atoms with van der Waals surface area (Å²) in [6.45, 7) is 3.65. The second kappa shape index (κ2) is 4.76. The third kappa shape index (κ3) is 3.46. The van der Waals surface area contributed by atoms with Crippen molar-refractivity contribution in [2.45, 2.75) is 18.6 Å². The standard InChI is InChI=1S/C12H16N2O2S/c1-12(2,17(3,15)16)9-14-11-6-4-5-10(7-11)8-13/h4-7,14H,9H2,1-3H3. The second-order valence-electron chi connectivity index (χ2n) is 4.58. The Morgan fingerprint density at radius 3 is 2.59 bits per heavy atom. The molecule has 17 heavy (non-hydrogen) atoms. The molecule has 0 saturated carbocycles. The van der Waals surface area contributed by atoms with Gasteiger partial charge in [0, 0.05) is 18.5 Å². The lowest BCUT2D eigenvalue weighted by atomic mass is 10.2. The lowest BCUT2D eigenvalue weighted by Gasteiger charge is -2.23. The zero-order valence-electron chi connectivity index (χ0n) is 10.2. The number of benzene rings is 1. The largest absolute Gasteiger partial charge is 0.383 e. The van der Waals surface area contributed by atoms with Crippen LogP contribution in [0.15, 0.2) is 24.3 Å². The fourth-order valence-corrected chi connectivity index (χ4v) is 1.48. The quantitative estimate of drug-likeness (QED) is 0.887. The lowest BCUT2D eigenvalue weighted by Crippen LogP contribution is -2.38. The van der Waals surface area contributed by atoms with Gasteiger partial charge in [-0.25, -0.2) is 8.42 Å². The average Bonchev–Trinajstić information content (AvgIpc) is 2.25. The second-order valence-corrected chi connectivity index (χ2v) is 7.23. The van der Waals surface area contributed by atoms with Crippen LogP contribution in [-0.4, -0.2) is 26.0 Å². The van der Waals surface area contributed by atoms with Crippen LogP contribution in [0.1, 0.15) is 19.4 Å². The highest BCUT2D eigenvalue weighted by Gasteiger charge is 2.29. The highest BCUT2D eigenvalue weighted by molar-refractivity contribution is 7.92. The van der Waals surface area contributed by atoms with Crippen LogP contribution in [0.25, 0.3) is 0 Å². The van der Waals surface area contributed by atoms with Gasteiger partial charge in [0.1, 0.15) is 0 Å². The molecule has 1 aromatic rings. The third-order valence-electron chi connectivity index (χ3n) is 2.71. The number of sulfone groups is 1. The minimum Gasteiger partial charge on any atom is -0.383 e. The summed E-state index contributed by atoms with van der Waals surface area (Å²) < 4.78 is 22.2. The van der Waals surface area contributed by atoms with E-state index in [9.17, 15) is 8.42 Å². The van der Waals surface area contributed by atoms with Gasteiger partial charge in [-0.3, -0.25) is 0 Å². The molecule has 0 atom stereocenters. The number of rotatable bonds is 4. The van der Waals surface area contributed by atoms with Gasteiger partial charge in [-0.15, -0.1) is 0 Å². The van der Waals surface area contributed by atoms with E-state index < -0.39 is 14.6 Å². The summed E-state index contributed by atoms with van der Waals surface area (Å²) in [4.78, 5) is 0. The molecule has 0 spiro atoms. The van der Waals surface area contributed by atoms with Crippen molar-refractivity contribution in [1.29, 1.82) is 5.26 Å². The van der Waals surface area contributed by atoms with E-state index in [2.05, 4.69) is 5.32 Å². The van der Waals surface area contributed by atoms with E-state index in [-0.39, 0.29) is 0 Å². The van der Waals surface area contributed by atoms with Crippen molar-refractivity contribution in [2.75, 3.05) is 18.1 Å². The SMILES string of the molecule is CC(C)(CNc1cccc(C#N)c1)S(C)(=O)=O. The van der Waals surface area contributed by atoms with Crippen LogP contribution < -0.4 is 5.32 Å². The average molecular weight is 252 g/mol. The molecule has 0 aliphatic rings. The Labute approximate surface area is 102 Å². The van der Waals surface area contributed by atoms with Crippen LogP contribution >= 0.6 is 0 Å². The van der Waals surface area contributed by atoms with Crippen molar-refractivity contribution in [3.8, 4) is 6.07 Å². The summed E-state index contributed by atoms with van der Waals surface area (Å²) in [6, 6.07) is 8.99. The number of hydrogen-bond acceptors (Lipinski definition) is 4. The molecule has 0 bridgehead atoms. The van der Waals surface area contributed by atoms with Crippen molar-refractivity contribution in [1.82, 2.24) is 0 Å². The normalized spacial score (nSPS) is 11.9. The van der Waals surface area contributed by atoms with Crippen molar-refractivity contribution in [3.63, 3.8) is 0 Å². The van der Waals surface area contributed by atoms with Gasteiger partial charge in [0.15, 0.2) is 9.84 Å². The van der Waals surface area contributed by atoms with Gasteiger partial charge in [0.25, 0.3) is 0 Å². The lowest BCUT2D eigenvalue weighted by molar-refractivity contribution is 0.560. The first-order chi connectivity index (χ1) is 7.76. The first kappa shape index (κ1) is 13.5. The highest BCUT2D eigenvalue weighted by Crippen LogP contribution is 2.17. The fraction of sp³-hybridized carbons (Fsp3) is 0.417. The Kier molecular flexibility index (Phi) is 3.79. The number of nitrogens with one attached hydrogen (secondary N) is 1. The van der Waals surface area contributed by atoms with E-state index >= 15 is 0 Å². The molecule has 0 aromatic heterocycles. The summed E-state index contributed by atoms with van der Waals surface area (Å²) in [5, 5.41) is 11.8. The minimum atomic E-state index is -3.12. The summed E-state index contributed by atoms with van der Waals surface area (Å²) in [5.41, 5.74) is 1.30. The van der Waals surface area contributed by atoms with Crippen molar-refractivity contribution < 1.29 is 8.42 Å². The van der Waals surface area contributed by atoms with Crippen LogP contribution in [0.4, 0.5) is 5.69 Å². The summed E-state index contributed by atoms with van der Waals surface area (Å²) in [6.07, 6.45) is 1.22. The first-order valence-corrected chi connectivity index (χ1v) is 7.09. The Morgan fingerprint density at radius 1 is 1.41 bits per heavy atom. The van der Waals surface area contributed by atoms with Gasteiger partial charge < -0.3 is 5.32 Å². The first-order valence-electron chi connectivity index (χ1n) is 5.20. The van der Waals surface area contributed by atoms with Gasteiger partial charge in [-0.1, -0.05) is 6.07 Å². The molecule has 0 radical (unpaired) electrons. The maximum absolute atomic E-state index is 11.5. The molecule has 5 heteroatoms. The monoisotopic (exact) mass is 252 g/mol. The van der Waals surface area contributed by atoms with Crippen LogP contribution in [-0.2, 0) is 9.84 Å². The van der Waals surface area contributed by atoms with Crippen molar-refractivity contribution in [3.05, 3.63) is 29.8 Å². The van der Waals surface area contributed by atoms with E-state index in [4.69, 9.17) is 5.26 Å². The van der Waals surface area contributed by atoms with Gasteiger partial charge in [-0.2, -0.15) is 5.26 Å². The summed E-state index contributed by atoms with van der Waals surface area (Å²) in [5.74, 6) is 0. The predicted molar refractivity (Wildman–Crippen MR) is 68.6 cm³/mol. The Bertz CT molecular complexity index is 542. The maximum Gasteiger partial charge on any atom is 0.154 e. The van der Waals surface area contributed by atoms with Gasteiger partial charge in [0.2, 0.25) is 0 Å². The topological polar surface area (TPSA) is 70.0 Å². The molecule has 0 aliphatic carbocycles. The number of hydrogen-bond donors (Lipinski definition) is 1. The van der Waals surface area contributed by atoms with Crippen LogP contribution in [0.5, 0.6) is 0 Å². The van der Waals surface area contributed by atoms with Gasteiger partial charge in [0.05, 0.1) is 16.4 Å². The maximum atomic E-state index is 11.5. The zero-order chi connectivity index (χ0) is 13.1. The van der Waals surface area contributed by atoms with Crippen molar-refractivity contribution >= 4 is 15.5 Å². The highest BCUT2D eigenvalue weighted by atomic mass is 32.2. The van der Waals surface area contributed by atoms with E-state index in [1.165, 1.54) is 6.26 Å². The molecule has 92 valence electrons. The molecular weight excluding hydrogens is 236 g/mol. The summed E-state index contributed by atoms with van der Waals surface area (Å²) >= 11 is 0. The van der Waals surface area contributed by atoms with Crippen LogP contribution in [0, 0.1) is 11.3 Å². The Balaban J connectivity index is 2.78. The molecule has 0 unspecified atom stereocenters. The van der Waals surface area contributed by atoms with Crippen LogP contribution in [0.3, 0.4) is 0 Å². The Morgan fingerprint density at radius 2 is 2.06 bits per heavy atom. The smallest absolute Gasteiger partial charge is 0.154 e. The molecular formula is C12H16N2O2S. The van der Waals surface area contributed by atoms with E-state index in [1.54, 1.807) is 38.1 Å².